The van der Waals surface area contributed by atoms with Gasteiger partial charge in [-0.1, -0.05) is 0 Å². The summed E-state index contributed by atoms with van der Waals surface area (Å²) in [4.78, 5) is 14.4. The molecule has 1 aliphatic rings. The zero-order valence-electron chi connectivity index (χ0n) is 11.0. The number of benzene rings is 1. The van der Waals surface area contributed by atoms with Crippen molar-refractivity contribution >= 4 is 17.3 Å². The molecule has 0 radical (unpaired) electrons. The first-order valence-electron chi connectivity index (χ1n) is 6.70. The number of aliphatic hydroxyl groups is 1. The highest BCUT2D eigenvalue weighted by atomic mass is 16.3. The van der Waals surface area contributed by atoms with Crippen LogP contribution in [0.1, 0.15) is 36.0 Å². The molecule has 0 spiro atoms. The Morgan fingerprint density at radius 1 is 1.37 bits per heavy atom. The smallest absolute Gasteiger partial charge is 0.256 e. The Morgan fingerprint density at radius 3 is 2.63 bits per heavy atom. The number of nitrogen functional groups attached to an aromatic ring is 2. The molecule has 0 aliphatic heterocycles. The number of carbonyl (C=O) groups excluding carboxylic acids is 1. The largest absolute Gasteiger partial charge is 0.399 e. The first kappa shape index (κ1) is 13.7. The molecular formula is C14H21N3O2. The van der Waals surface area contributed by atoms with Crippen LogP contribution >= 0.6 is 0 Å². The molecule has 1 aromatic carbocycles. The summed E-state index contributed by atoms with van der Waals surface area (Å²) in [6.07, 6.45) is 3.82. The highest BCUT2D eigenvalue weighted by Crippen LogP contribution is 2.28. The maximum absolute atomic E-state index is 12.5. The number of aliphatic hydroxyl groups excluding tert-OH is 1. The summed E-state index contributed by atoms with van der Waals surface area (Å²) in [7, 11) is 0. The van der Waals surface area contributed by atoms with Crippen LogP contribution in [-0.2, 0) is 0 Å². The number of rotatable bonds is 5. The highest BCUT2D eigenvalue weighted by Gasteiger charge is 2.29. The van der Waals surface area contributed by atoms with Crippen molar-refractivity contribution in [3.8, 4) is 0 Å². The predicted molar refractivity (Wildman–Crippen MR) is 75.6 cm³/mol. The number of nitrogens with two attached hydrogens (primary N) is 2. The quantitative estimate of drug-likeness (QED) is 0.697. The molecule has 1 aromatic rings. The van der Waals surface area contributed by atoms with Crippen molar-refractivity contribution in [2.24, 2.45) is 0 Å². The Hall–Kier alpha value is -1.75. The molecule has 0 saturated heterocycles. The molecule has 1 saturated carbocycles. The maximum atomic E-state index is 12.5. The standard InChI is InChI=1S/C14H21N3O2/c15-10-5-6-12(13(16)9-10)14(19)17(7-2-8-18)11-3-1-4-11/h5-6,9,11,18H,1-4,7-8,15-16H2. The van der Waals surface area contributed by atoms with E-state index in [4.69, 9.17) is 16.6 Å². The molecule has 5 nitrogen and oxygen atoms in total. The van der Waals surface area contributed by atoms with Gasteiger partial charge in [0.05, 0.1) is 5.56 Å². The van der Waals surface area contributed by atoms with Crippen molar-refractivity contribution in [1.82, 2.24) is 4.90 Å². The molecule has 0 unspecified atom stereocenters. The van der Waals surface area contributed by atoms with Crippen molar-refractivity contribution in [2.45, 2.75) is 31.7 Å². The van der Waals surface area contributed by atoms with Crippen LogP contribution in [0.5, 0.6) is 0 Å². The van der Waals surface area contributed by atoms with Crippen LogP contribution in [0.15, 0.2) is 18.2 Å². The molecule has 19 heavy (non-hydrogen) atoms. The van der Waals surface area contributed by atoms with E-state index in [1.54, 1.807) is 18.2 Å². The summed E-state index contributed by atoms with van der Waals surface area (Å²) in [5.41, 5.74) is 13.0. The van der Waals surface area contributed by atoms with Gasteiger partial charge in [-0.3, -0.25) is 4.79 Å². The predicted octanol–water partition coefficient (Wildman–Crippen LogP) is 1.23. The van der Waals surface area contributed by atoms with Gasteiger partial charge >= 0.3 is 0 Å². The summed E-state index contributed by atoms with van der Waals surface area (Å²) in [6, 6.07) is 5.26. The minimum Gasteiger partial charge on any atom is -0.399 e. The third kappa shape index (κ3) is 2.98. The Kier molecular flexibility index (Phi) is 4.27. The highest BCUT2D eigenvalue weighted by molar-refractivity contribution is 5.99. The zero-order chi connectivity index (χ0) is 13.8. The topological polar surface area (TPSA) is 92.6 Å². The number of nitrogens with zero attached hydrogens (tertiary/aromatic N) is 1. The lowest BCUT2D eigenvalue weighted by molar-refractivity contribution is 0.0563. The van der Waals surface area contributed by atoms with E-state index in [9.17, 15) is 4.79 Å². The molecular weight excluding hydrogens is 242 g/mol. The molecule has 1 amide bonds. The summed E-state index contributed by atoms with van der Waals surface area (Å²) >= 11 is 0. The molecule has 0 heterocycles. The third-order valence-corrected chi connectivity index (χ3v) is 3.64. The fourth-order valence-electron chi connectivity index (χ4n) is 2.32. The number of anilines is 2. The van der Waals surface area contributed by atoms with E-state index in [0.717, 1.165) is 19.3 Å². The molecule has 0 bridgehead atoms. The molecule has 5 heteroatoms. The van der Waals surface area contributed by atoms with E-state index in [1.807, 2.05) is 4.90 Å². The van der Waals surface area contributed by atoms with E-state index >= 15 is 0 Å². The van der Waals surface area contributed by atoms with Crippen molar-refractivity contribution in [1.29, 1.82) is 0 Å². The van der Waals surface area contributed by atoms with Crippen LogP contribution in [0, 0.1) is 0 Å². The van der Waals surface area contributed by atoms with E-state index in [1.165, 1.54) is 0 Å². The maximum Gasteiger partial charge on any atom is 0.256 e. The molecule has 1 fully saturated rings. The van der Waals surface area contributed by atoms with Crippen LogP contribution in [0.2, 0.25) is 0 Å². The lowest BCUT2D eigenvalue weighted by Gasteiger charge is -2.37. The average Bonchev–Trinajstić information content (AvgIpc) is 2.31. The zero-order valence-corrected chi connectivity index (χ0v) is 11.0. The second-order valence-electron chi connectivity index (χ2n) is 5.01. The van der Waals surface area contributed by atoms with Gasteiger partial charge in [-0.05, 0) is 43.9 Å². The summed E-state index contributed by atoms with van der Waals surface area (Å²) in [6.45, 7) is 0.664. The first-order valence-corrected chi connectivity index (χ1v) is 6.70. The van der Waals surface area contributed by atoms with Crippen LogP contribution in [0.3, 0.4) is 0 Å². The SMILES string of the molecule is Nc1ccc(C(=O)N(CCCO)C2CCC2)c(N)c1. The number of amides is 1. The van der Waals surface area contributed by atoms with Crippen LogP contribution in [0.25, 0.3) is 0 Å². The minimum absolute atomic E-state index is 0.0596. The van der Waals surface area contributed by atoms with Gasteiger partial charge in [0.2, 0.25) is 0 Å². The van der Waals surface area contributed by atoms with Crippen LogP contribution in [0.4, 0.5) is 11.4 Å². The van der Waals surface area contributed by atoms with E-state index in [0.29, 0.717) is 29.9 Å². The fraction of sp³-hybridized carbons (Fsp3) is 0.500. The summed E-state index contributed by atoms with van der Waals surface area (Å²) in [5.74, 6) is -0.0596. The third-order valence-electron chi connectivity index (χ3n) is 3.64. The average molecular weight is 263 g/mol. The van der Waals surface area contributed by atoms with Gasteiger partial charge in [0, 0.05) is 30.6 Å². The van der Waals surface area contributed by atoms with Gasteiger partial charge in [-0.25, -0.2) is 0 Å². The molecule has 0 atom stereocenters. The molecule has 2 rings (SSSR count). The second-order valence-corrected chi connectivity index (χ2v) is 5.01. The summed E-state index contributed by atoms with van der Waals surface area (Å²) in [5, 5.41) is 8.95. The van der Waals surface area contributed by atoms with Gasteiger partial charge in [0.1, 0.15) is 0 Å². The summed E-state index contributed by atoms with van der Waals surface area (Å²) < 4.78 is 0. The number of hydrogen-bond donors (Lipinski definition) is 3. The van der Waals surface area contributed by atoms with Gasteiger partial charge in [-0.2, -0.15) is 0 Å². The normalized spacial score (nSPS) is 15.0. The van der Waals surface area contributed by atoms with Gasteiger partial charge in [0.15, 0.2) is 0 Å². The van der Waals surface area contributed by atoms with E-state index < -0.39 is 0 Å². The Labute approximate surface area is 113 Å². The lowest BCUT2D eigenvalue weighted by Crippen LogP contribution is -2.45. The molecule has 5 N–H and O–H groups in total. The van der Waals surface area contributed by atoms with Crippen molar-refractivity contribution in [3.05, 3.63) is 23.8 Å². The van der Waals surface area contributed by atoms with Gasteiger partial charge < -0.3 is 21.5 Å². The Balaban J connectivity index is 2.17. The Bertz CT molecular complexity index is 458. The number of hydrogen-bond acceptors (Lipinski definition) is 4. The van der Waals surface area contributed by atoms with Crippen LogP contribution < -0.4 is 11.5 Å². The lowest BCUT2D eigenvalue weighted by atomic mass is 9.90. The fourth-order valence-corrected chi connectivity index (χ4v) is 2.32. The monoisotopic (exact) mass is 263 g/mol. The van der Waals surface area contributed by atoms with Crippen molar-refractivity contribution in [3.63, 3.8) is 0 Å². The first-order chi connectivity index (χ1) is 9.13. The van der Waals surface area contributed by atoms with Gasteiger partial charge in [0.25, 0.3) is 5.91 Å². The molecule has 104 valence electrons. The van der Waals surface area contributed by atoms with Gasteiger partial charge in [-0.15, -0.1) is 0 Å². The molecule has 1 aliphatic carbocycles. The molecule has 0 aromatic heterocycles. The van der Waals surface area contributed by atoms with Crippen molar-refractivity contribution in [2.75, 3.05) is 24.6 Å². The van der Waals surface area contributed by atoms with E-state index in [2.05, 4.69) is 0 Å². The number of carbonyl (C=O) groups is 1. The van der Waals surface area contributed by atoms with Crippen molar-refractivity contribution < 1.29 is 9.90 Å². The Morgan fingerprint density at radius 2 is 2.11 bits per heavy atom. The minimum atomic E-state index is -0.0596. The van der Waals surface area contributed by atoms with E-state index in [-0.39, 0.29) is 18.6 Å². The van der Waals surface area contributed by atoms with Crippen LogP contribution in [-0.4, -0.2) is 35.1 Å². The second kappa shape index (κ2) is 5.93.